The molecule has 0 radical (unpaired) electrons. The normalized spacial score (nSPS) is 16.6. The lowest BCUT2D eigenvalue weighted by Crippen LogP contribution is -2.27. The summed E-state index contributed by atoms with van der Waals surface area (Å²) in [5.41, 5.74) is 0.883. The van der Waals surface area contributed by atoms with E-state index in [1.807, 2.05) is 32.1 Å². The molecule has 17 heavy (non-hydrogen) atoms. The minimum absolute atomic E-state index is 0.336. The van der Waals surface area contributed by atoms with Gasteiger partial charge in [-0.15, -0.1) is 0 Å². The highest BCUT2D eigenvalue weighted by Crippen LogP contribution is 2.36. The minimum atomic E-state index is -0.344. The average molecular weight is 228 g/mol. The van der Waals surface area contributed by atoms with E-state index in [1.165, 1.54) is 6.07 Å². The molecule has 0 bridgehead atoms. The molecule has 0 amide bonds. The van der Waals surface area contributed by atoms with Crippen LogP contribution in [0.25, 0.3) is 17.0 Å². The Labute approximate surface area is 98.3 Å². The second-order valence-electron chi connectivity index (χ2n) is 4.69. The Morgan fingerprint density at radius 1 is 1.12 bits per heavy atom. The van der Waals surface area contributed by atoms with E-state index in [2.05, 4.69) is 0 Å². The van der Waals surface area contributed by atoms with Crippen molar-refractivity contribution in [1.29, 1.82) is 0 Å². The second kappa shape index (κ2) is 3.23. The van der Waals surface area contributed by atoms with Crippen molar-refractivity contribution >= 4 is 17.0 Å². The molecule has 1 aromatic heterocycles. The van der Waals surface area contributed by atoms with E-state index in [0.717, 1.165) is 16.7 Å². The van der Waals surface area contributed by atoms with Crippen LogP contribution in [0.1, 0.15) is 19.4 Å². The maximum absolute atomic E-state index is 11.2. The molecule has 2 heterocycles. The first-order chi connectivity index (χ1) is 8.05. The Bertz CT molecular complexity index is 677. The van der Waals surface area contributed by atoms with E-state index in [9.17, 15) is 4.79 Å². The van der Waals surface area contributed by atoms with Gasteiger partial charge in [-0.05, 0) is 38.1 Å². The molecule has 0 aliphatic carbocycles. The largest absolute Gasteiger partial charge is 0.482 e. The van der Waals surface area contributed by atoms with Gasteiger partial charge in [0.15, 0.2) is 0 Å². The van der Waals surface area contributed by atoms with E-state index >= 15 is 0 Å². The predicted octanol–water partition coefficient (Wildman–Crippen LogP) is 2.98. The predicted molar refractivity (Wildman–Crippen MR) is 66.2 cm³/mol. The van der Waals surface area contributed by atoms with Gasteiger partial charge in [0, 0.05) is 11.6 Å². The van der Waals surface area contributed by atoms with E-state index in [0.29, 0.717) is 5.58 Å². The highest BCUT2D eigenvalue weighted by atomic mass is 16.5. The van der Waals surface area contributed by atoms with Crippen molar-refractivity contribution in [2.45, 2.75) is 19.4 Å². The monoisotopic (exact) mass is 228 g/mol. The van der Waals surface area contributed by atoms with Crippen molar-refractivity contribution in [1.82, 2.24) is 0 Å². The van der Waals surface area contributed by atoms with Crippen LogP contribution in [0.4, 0.5) is 0 Å². The molecule has 1 aliphatic heterocycles. The molecule has 0 saturated carbocycles. The maximum atomic E-state index is 11.2. The van der Waals surface area contributed by atoms with Crippen LogP contribution in [0.2, 0.25) is 0 Å². The van der Waals surface area contributed by atoms with E-state index in [-0.39, 0.29) is 11.2 Å². The highest BCUT2D eigenvalue weighted by molar-refractivity contribution is 5.88. The molecule has 0 atom stereocenters. The summed E-state index contributed by atoms with van der Waals surface area (Å²) >= 11 is 0. The molecule has 0 fully saturated rings. The van der Waals surface area contributed by atoms with Crippen LogP contribution in [0, 0.1) is 0 Å². The SMILES string of the molecule is CC1(C)C=Cc2ccc3oc(=O)ccc3c2O1. The number of rotatable bonds is 0. The number of hydrogen-bond acceptors (Lipinski definition) is 3. The number of hydrogen-bond donors (Lipinski definition) is 0. The van der Waals surface area contributed by atoms with Crippen molar-refractivity contribution < 1.29 is 9.15 Å². The third-order valence-corrected chi connectivity index (χ3v) is 2.81. The van der Waals surface area contributed by atoms with Gasteiger partial charge < -0.3 is 9.15 Å². The lowest BCUT2D eigenvalue weighted by molar-refractivity contribution is 0.161. The molecular weight excluding hydrogens is 216 g/mol. The molecule has 2 aromatic rings. The van der Waals surface area contributed by atoms with Gasteiger partial charge in [0.25, 0.3) is 0 Å². The maximum Gasteiger partial charge on any atom is 0.336 e. The van der Waals surface area contributed by atoms with Gasteiger partial charge >= 0.3 is 5.63 Å². The molecular formula is C14H12O3. The molecule has 3 nitrogen and oxygen atoms in total. The zero-order valence-corrected chi connectivity index (χ0v) is 9.69. The summed E-state index contributed by atoms with van der Waals surface area (Å²) in [5, 5.41) is 0.833. The quantitative estimate of drug-likeness (QED) is 0.651. The first kappa shape index (κ1) is 10.1. The van der Waals surface area contributed by atoms with Crippen molar-refractivity contribution in [2.24, 2.45) is 0 Å². The molecule has 1 aliphatic rings. The first-order valence-electron chi connectivity index (χ1n) is 5.50. The van der Waals surface area contributed by atoms with Crippen LogP contribution in [0.3, 0.4) is 0 Å². The Morgan fingerprint density at radius 3 is 2.76 bits per heavy atom. The smallest absolute Gasteiger partial charge is 0.336 e. The summed E-state index contributed by atoms with van der Waals surface area (Å²) in [5.74, 6) is 0.777. The zero-order chi connectivity index (χ0) is 12.0. The van der Waals surface area contributed by atoms with Gasteiger partial charge in [-0.3, -0.25) is 0 Å². The average Bonchev–Trinajstić information content (AvgIpc) is 2.27. The second-order valence-corrected chi connectivity index (χ2v) is 4.69. The fraction of sp³-hybridized carbons (Fsp3) is 0.214. The van der Waals surface area contributed by atoms with Crippen LogP contribution >= 0.6 is 0 Å². The Morgan fingerprint density at radius 2 is 1.94 bits per heavy atom. The van der Waals surface area contributed by atoms with Crippen LogP contribution in [0.5, 0.6) is 5.75 Å². The zero-order valence-electron chi connectivity index (χ0n) is 9.69. The van der Waals surface area contributed by atoms with Crippen LogP contribution in [0.15, 0.2) is 39.6 Å². The third-order valence-electron chi connectivity index (χ3n) is 2.81. The van der Waals surface area contributed by atoms with E-state index in [1.54, 1.807) is 12.1 Å². The lowest BCUT2D eigenvalue weighted by atomic mass is 10.0. The van der Waals surface area contributed by atoms with E-state index < -0.39 is 0 Å². The Kier molecular flexibility index (Phi) is 1.93. The van der Waals surface area contributed by atoms with Crippen molar-refractivity contribution in [3.63, 3.8) is 0 Å². The molecule has 3 rings (SSSR count). The lowest BCUT2D eigenvalue weighted by Gasteiger charge is -2.28. The van der Waals surface area contributed by atoms with Crippen LogP contribution in [-0.2, 0) is 0 Å². The summed E-state index contributed by atoms with van der Waals surface area (Å²) in [7, 11) is 0. The number of fused-ring (bicyclic) bond motifs is 3. The fourth-order valence-corrected chi connectivity index (χ4v) is 1.97. The van der Waals surface area contributed by atoms with Gasteiger partial charge in [-0.25, -0.2) is 4.79 Å². The van der Waals surface area contributed by atoms with Gasteiger partial charge in [0.1, 0.15) is 16.9 Å². The molecule has 1 aromatic carbocycles. The fourth-order valence-electron chi connectivity index (χ4n) is 1.97. The highest BCUT2D eigenvalue weighted by Gasteiger charge is 2.23. The summed E-state index contributed by atoms with van der Waals surface area (Å²) < 4.78 is 11.1. The van der Waals surface area contributed by atoms with Gasteiger partial charge in [-0.1, -0.05) is 6.08 Å². The summed E-state index contributed by atoms with van der Waals surface area (Å²) in [4.78, 5) is 11.2. The molecule has 0 spiro atoms. The van der Waals surface area contributed by atoms with Crippen molar-refractivity contribution in [2.75, 3.05) is 0 Å². The van der Waals surface area contributed by atoms with Crippen LogP contribution < -0.4 is 10.4 Å². The first-order valence-corrected chi connectivity index (χ1v) is 5.50. The topological polar surface area (TPSA) is 39.4 Å². The van der Waals surface area contributed by atoms with Crippen LogP contribution in [-0.4, -0.2) is 5.60 Å². The van der Waals surface area contributed by atoms with Gasteiger partial charge in [-0.2, -0.15) is 0 Å². The number of benzene rings is 1. The van der Waals surface area contributed by atoms with Crippen molar-refractivity contribution in [3.05, 3.63) is 46.3 Å². The molecule has 86 valence electrons. The summed E-state index contributed by atoms with van der Waals surface area (Å²) in [6, 6.07) is 6.85. The number of ether oxygens (including phenoxy) is 1. The Hall–Kier alpha value is -2.03. The summed E-state index contributed by atoms with van der Waals surface area (Å²) in [6.07, 6.45) is 4.05. The van der Waals surface area contributed by atoms with E-state index in [4.69, 9.17) is 9.15 Å². The van der Waals surface area contributed by atoms with Crippen molar-refractivity contribution in [3.8, 4) is 5.75 Å². The standard InChI is InChI=1S/C14H12O3/c1-14(2)8-7-9-3-5-11-10(13(9)17-14)4-6-12(15)16-11/h3-8H,1-2H3. The molecule has 0 unspecified atom stereocenters. The Balaban J connectivity index is 2.34. The third kappa shape index (κ3) is 1.64. The minimum Gasteiger partial charge on any atom is -0.482 e. The van der Waals surface area contributed by atoms with Gasteiger partial charge in [0.05, 0.1) is 5.39 Å². The summed E-state index contributed by atoms with van der Waals surface area (Å²) in [6.45, 7) is 3.98. The molecule has 0 N–H and O–H groups in total. The molecule has 0 saturated heterocycles. The van der Waals surface area contributed by atoms with Gasteiger partial charge in [0.2, 0.25) is 0 Å². The molecule has 3 heteroatoms.